The Morgan fingerprint density at radius 1 is 0.905 bits per heavy atom. The number of carbonyl (C=O) groups is 1. The molecule has 0 N–H and O–H groups in total. The zero-order valence-corrected chi connectivity index (χ0v) is 15.3. The quantitative estimate of drug-likeness (QED) is 0.240. The van der Waals surface area contributed by atoms with Crippen LogP contribution in [0.1, 0.15) is 85.0 Å². The van der Waals surface area contributed by atoms with Gasteiger partial charge in [-0.15, -0.1) is 3.94 Å². The predicted octanol–water partition coefficient (Wildman–Crippen LogP) is 5.84. The number of unbranched alkanes of at least 4 members (excludes halogenated alkanes) is 9. The molecule has 0 radical (unpaired) electrons. The van der Waals surface area contributed by atoms with Gasteiger partial charge in [-0.25, -0.2) is 4.79 Å². The van der Waals surface area contributed by atoms with E-state index in [0.717, 1.165) is 16.8 Å². The molecule has 21 heavy (non-hydrogen) atoms. The van der Waals surface area contributed by atoms with Crippen LogP contribution < -0.4 is 0 Å². The number of hydrogen-bond donors (Lipinski definition) is 0. The van der Waals surface area contributed by atoms with Crippen LogP contribution in [0.15, 0.2) is 0 Å². The summed E-state index contributed by atoms with van der Waals surface area (Å²) in [7, 11) is 0. The van der Waals surface area contributed by atoms with Gasteiger partial charge in [0.05, 0.1) is 6.61 Å². The molecule has 0 aromatic rings. The molecule has 0 aromatic carbocycles. The Labute approximate surface area is 140 Å². The molecular formula is C16H31Cl2NO2. The van der Waals surface area contributed by atoms with Crippen LogP contribution in [-0.2, 0) is 9.53 Å². The highest BCUT2D eigenvalue weighted by Gasteiger charge is 2.35. The normalized spacial score (nSPS) is 11.9. The first kappa shape index (κ1) is 21.0. The van der Waals surface area contributed by atoms with Crippen molar-refractivity contribution in [2.24, 2.45) is 0 Å². The van der Waals surface area contributed by atoms with Crippen molar-refractivity contribution >= 4 is 29.5 Å². The standard InChI is InChI=1S/C16H31Cl2NO2/c1-4-5-6-7-8-9-10-11-12-13-14-21-15(20)16(2,3)19(17)18/h4-14H2,1-3H3. The van der Waals surface area contributed by atoms with Crippen LogP contribution in [0.4, 0.5) is 0 Å². The maximum absolute atomic E-state index is 11.7. The van der Waals surface area contributed by atoms with Crippen LogP contribution in [0.25, 0.3) is 0 Å². The molecule has 0 atom stereocenters. The van der Waals surface area contributed by atoms with Gasteiger partial charge in [-0.1, -0.05) is 64.7 Å². The molecule has 0 aliphatic rings. The molecule has 0 rings (SSSR count). The molecular weight excluding hydrogens is 309 g/mol. The van der Waals surface area contributed by atoms with Gasteiger partial charge in [-0.05, 0) is 43.8 Å². The van der Waals surface area contributed by atoms with E-state index in [4.69, 9.17) is 28.3 Å². The van der Waals surface area contributed by atoms with E-state index in [0.29, 0.717) is 6.61 Å². The Hall–Kier alpha value is 0.01000. The van der Waals surface area contributed by atoms with E-state index in [1.54, 1.807) is 13.8 Å². The van der Waals surface area contributed by atoms with Gasteiger partial charge in [0, 0.05) is 0 Å². The highest BCUT2D eigenvalue weighted by Crippen LogP contribution is 2.21. The second-order valence-electron chi connectivity index (χ2n) is 6.11. The number of rotatable bonds is 13. The van der Waals surface area contributed by atoms with Gasteiger partial charge in [0.15, 0.2) is 0 Å². The molecule has 0 spiro atoms. The van der Waals surface area contributed by atoms with E-state index in [9.17, 15) is 4.79 Å². The summed E-state index contributed by atoms with van der Waals surface area (Å²) < 4.78 is 6.03. The van der Waals surface area contributed by atoms with E-state index >= 15 is 0 Å². The minimum atomic E-state index is -0.998. The minimum Gasteiger partial charge on any atom is -0.464 e. The van der Waals surface area contributed by atoms with Gasteiger partial charge in [0.25, 0.3) is 0 Å². The van der Waals surface area contributed by atoms with Crippen molar-refractivity contribution in [3.63, 3.8) is 0 Å². The van der Waals surface area contributed by atoms with Crippen molar-refractivity contribution in [3.8, 4) is 0 Å². The molecule has 0 saturated heterocycles. The molecule has 0 heterocycles. The van der Waals surface area contributed by atoms with E-state index in [-0.39, 0.29) is 5.97 Å². The first-order valence-corrected chi connectivity index (χ1v) is 8.89. The van der Waals surface area contributed by atoms with Gasteiger partial charge in [0.1, 0.15) is 5.54 Å². The second kappa shape index (κ2) is 12.5. The maximum atomic E-state index is 11.7. The fraction of sp³-hybridized carbons (Fsp3) is 0.938. The third kappa shape index (κ3) is 10.4. The Morgan fingerprint density at radius 2 is 1.33 bits per heavy atom. The fourth-order valence-electron chi connectivity index (χ4n) is 2.00. The molecule has 0 fully saturated rings. The highest BCUT2D eigenvalue weighted by molar-refractivity contribution is 6.35. The van der Waals surface area contributed by atoms with E-state index < -0.39 is 5.54 Å². The summed E-state index contributed by atoms with van der Waals surface area (Å²) >= 11 is 11.2. The topological polar surface area (TPSA) is 29.5 Å². The third-order valence-corrected chi connectivity index (χ3v) is 4.50. The van der Waals surface area contributed by atoms with Gasteiger partial charge >= 0.3 is 5.97 Å². The number of esters is 1. The second-order valence-corrected chi connectivity index (χ2v) is 6.96. The Bertz CT molecular complexity index is 271. The highest BCUT2D eigenvalue weighted by atomic mass is 35.5. The summed E-state index contributed by atoms with van der Waals surface area (Å²) in [6.07, 6.45) is 12.6. The monoisotopic (exact) mass is 339 g/mol. The maximum Gasteiger partial charge on any atom is 0.328 e. The summed E-state index contributed by atoms with van der Waals surface area (Å²) in [5.74, 6) is -0.386. The van der Waals surface area contributed by atoms with Crippen molar-refractivity contribution in [2.45, 2.75) is 90.5 Å². The van der Waals surface area contributed by atoms with Gasteiger partial charge < -0.3 is 4.74 Å². The van der Waals surface area contributed by atoms with Crippen LogP contribution in [0, 0.1) is 0 Å². The first-order valence-electron chi connectivity index (χ1n) is 8.22. The summed E-state index contributed by atoms with van der Waals surface area (Å²) in [6.45, 7) is 5.95. The van der Waals surface area contributed by atoms with E-state index in [1.807, 2.05) is 0 Å². The van der Waals surface area contributed by atoms with Crippen molar-refractivity contribution < 1.29 is 9.53 Å². The summed E-state index contributed by atoms with van der Waals surface area (Å²) in [4.78, 5) is 11.7. The minimum absolute atomic E-state index is 0.386. The zero-order chi connectivity index (χ0) is 16.1. The molecule has 5 heteroatoms. The van der Waals surface area contributed by atoms with Crippen molar-refractivity contribution in [2.75, 3.05) is 6.61 Å². The molecule has 126 valence electrons. The number of hydrogen-bond acceptors (Lipinski definition) is 3. The average molecular weight is 340 g/mol. The molecule has 0 aromatic heterocycles. The molecule has 0 aliphatic carbocycles. The molecule has 3 nitrogen and oxygen atoms in total. The molecule has 0 aliphatic heterocycles. The smallest absolute Gasteiger partial charge is 0.328 e. The van der Waals surface area contributed by atoms with Gasteiger partial charge in [-0.2, -0.15) is 0 Å². The molecule has 0 bridgehead atoms. The first-order chi connectivity index (χ1) is 9.92. The van der Waals surface area contributed by atoms with Crippen molar-refractivity contribution in [1.82, 2.24) is 3.94 Å². The van der Waals surface area contributed by atoms with Crippen LogP contribution in [0.2, 0.25) is 0 Å². The lowest BCUT2D eigenvalue weighted by Gasteiger charge is -2.24. The zero-order valence-electron chi connectivity index (χ0n) is 13.8. The summed E-state index contributed by atoms with van der Waals surface area (Å²) in [5.41, 5.74) is -0.998. The number of nitrogens with zero attached hydrogens (tertiary/aromatic N) is 1. The average Bonchev–Trinajstić information content (AvgIpc) is 2.44. The summed E-state index contributed by atoms with van der Waals surface area (Å²) in [5, 5.41) is 0. The van der Waals surface area contributed by atoms with Crippen LogP contribution in [0.5, 0.6) is 0 Å². The van der Waals surface area contributed by atoms with Crippen molar-refractivity contribution in [3.05, 3.63) is 0 Å². The van der Waals surface area contributed by atoms with Crippen LogP contribution >= 0.6 is 23.6 Å². The van der Waals surface area contributed by atoms with E-state index in [2.05, 4.69) is 6.92 Å². The van der Waals surface area contributed by atoms with Crippen LogP contribution in [0.3, 0.4) is 0 Å². The van der Waals surface area contributed by atoms with Crippen LogP contribution in [-0.4, -0.2) is 22.1 Å². The Balaban J connectivity index is 3.39. The number of carbonyl (C=O) groups excluding carboxylic acids is 1. The summed E-state index contributed by atoms with van der Waals surface area (Å²) in [6, 6.07) is 0. The predicted molar refractivity (Wildman–Crippen MR) is 90.4 cm³/mol. The molecule has 0 amide bonds. The number of halogens is 2. The lowest BCUT2D eigenvalue weighted by molar-refractivity contribution is -0.151. The Kier molecular flexibility index (Phi) is 12.5. The third-order valence-electron chi connectivity index (χ3n) is 3.65. The Morgan fingerprint density at radius 3 is 1.76 bits per heavy atom. The van der Waals surface area contributed by atoms with Gasteiger partial charge in [0.2, 0.25) is 0 Å². The van der Waals surface area contributed by atoms with Crippen molar-refractivity contribution in [1.29, 1.82) is 0 Å². The fourth-order valence-corrected chi connectivity index (χ4v) is 2.14. The van der Waals surface area contributed by atoms with Gasteiger partial charge in [-0.3, -0.25) is 0 Å². The SMILES string of the molecule is CCCCCCCCCCCCOC(=O)C(C)(C)N(Cl)Cl. The largest absolute Gasteiger partial charge is 0.464 e. The molecule has 0 saturated carbocycles. The lowest BCUT2D eigenvalue weighted by atomic mass is 10.1. The van der Waals surface area contributed by atoms with E-state index in [1.165, 1.54) is 51.4 Å². The number of ether oxygens (including phenoxy) is 1. The lowest BCUT2D eigenvalue weighted by Crippen LogP contribution is -2.41. The molecule has 0 unspecified atom stereocenters.